The van der Waals surface area contributed by atoms with Gasteiger partial charge in [0.25, 0.3) is 0 Å². The normalized spacial score (nSPS) is 16.4. The molecule has 1 fully saturated rings. The fourth-order valence-corrected chi connectivity index (χ4v) is 2.93. The highest BCUT2D eigenvalue weighted by molar-refractivity contribution is 5.58. The molecule has 0 unspecified atom stereocenters. The molecule has 106 valence electrons. The van der Waals surface area contributed by atoms with Gasteiger partial charge in [0.1, 0.15) is 5.82 Å². The Kier molecular flexibility index (Phi) is 4.16. The molecule has 2 aromatic rings. The maximum atomic E-state index is 4.59. The number of rotatable bonds is 4. The summed E-state index contributed by atoms with van der Waals surface area (Å²) in [5, 5.41) is 3.40. The van der Waals surface area contributed by atoms with E-state index in [9.17, 15) is 0 Å². The van der Waals surface area contributed by atoms with E-state index in [1.807, 2.05) is 6.20 Å². The third-order valence-electron chi connectivity index (χ3n) is 4.12. The lowest BCUT2D eigenvalue weighted by atomic mass is 9.98. The molecule has 0 amide bonds. The zero-order valence-corrected chi connectivity index (χ0v) is 12.2. The first-order valence-electron chi connectivity index (χ1n) is 7.71. The van der Waals surface area contributed by atoms with E-state index in [-0.39, 0.29) is 0 Å². The summed E-state index contributed by atoms with van der Waals surface area (Å²) in [7, 11) is 0. The Morgan fingerprint density at radius 3 is 2.60 bits per heavy atom. The molecule has 1 aromatic carbocycles. The van der Waals surface area contributed by atoms with Crippen LogP contribution in [-0.2, 0) is 6.42 Å². The van der Waals surface area contributed by atoms with Crippen LogP contribution in [0.2, 0.25) is 0 Å². The van der Waals surface area contributed by atoms with Crippen molar-refractivity contribution in [2.24, 2.45) is 0 Å². The van der Waals surface area contributed by atoms with Crippen molar-refractivity contribution in [3.63, 3.8) is 0 Å². The number of imidazole rings is 1. The highest BCUT2D eigenvalue weighted by Gasteiger charge is 2.18. The minimum atomic E-state index is 0.587. The summed E-state index contributed by atoms with van der Waals surface area (Å²) in [5.41, 5.74) is 3.79. The second kappa shape index (κ2) is 6.23. The van der Waals surface area contributed by atoms with Gasteiger partial charge in [-0.25, -0.2) is 4.98 Å². The van der Waals surface area contributed by atoms with Crippen molar-refractivity contribution < 1.29 is 0 Å². The number of nitrogens with one attached hydrogen (secondary N) is 2. The monoisotopic (exact) mass is 269 g/mol. The van der Waals surface area contributed by atoms with Gasteiger partial charge in [0.05, 0.1) is 11.9 Å². The van der Waals surface area contributed by atoms with Crippen LogP contribution in [0.15, 0.2) is 30.5 Å². The van der Waals surface area contributed by atoms with Gasteiger partial charge in [-0.05, 0) is 43.5 Å². The molecule has 0 aliphatic carbocycles. The summed E-state index contributed by atoms with van der Waals surface area (Å²) >= 11 is 0. The Morgan fingerprint density at radius 2 is 1.90 bits per heavy atom. The molecular formula is C17H23N3. The number of aryl methyl sites for hydroxylation is 1. The van der Waals surface area contributed by atoms with Gasteiger partial charge in [0.15, 0.2) is 0 Å². The molecule has 2 heterocycles. The second-order valence-electron chi connectivity index (χ2n) is 5.65. The van der Waals surface area contributed by atoms with Crippen molar-refractivity contribution in [1.82, 2.24) is 15.3 Å². The summed E-state index contributed by atoms with van der Waals surface area (Å²) in [6.07, 6.45) is 6.70. The maximum Gasteiger partial charge on any atom is 0.109 e. The van der Waals surface area contributed by atoms with Gasteiger partial charge in [-0.3, -0.25) is 0 Å². The van der Waals surface area contributed by atoms with E-state index in [1.54, 1.807) is 0 Å². The van der Waals surface area contributed by atoms with Crippen LogP contribution >= 0.6 is 0 Å². The van der Waals surface area contributed by atoms with E-state index in [2.05, 4.69) is 46.5 Å². The average Bonchev–Trinajstić information content (AvgIpc) is 2.99. The summed E-state index contributed by atoms with van der Waals surface area (Å²) in [4.78, 5) is 8.10. The lowest BCUT2D eigenvalue weighted by molar-refractivity contribution is 0.447. The van der Waals surface area contributed by atoms with Crippen LogP contribution in [0.1, 0.15) is 43.5 Å². The van der Waals surface area contributed by atoms with E-state index < -0.39 is 0 Å². The molecule has 3 heteroatoms. The summed E-state index contributed by atoms with van der Waals surface area (Å²) < 4.78 is 0. The molecule has 1 aliphatic heterocycles. The maximum absolute atomic E-state index is 4.59. The number of piperidine rings is 1. The molecule has 20 heavy (non-hydrogen) atoms. The molecule has 1 saturated heterocycles. The lowest BCUT2D eigenvalue weighted by Gasteiger charge is -2.20. The first-order chi connectivity index (χ1) is 9.86. The van der Waals surface area contributed by atoms with Crippen LogP contribution in [-0.4, -0.2) is 23.1 Å². The SMILES string of the molecule is CCCc1ccc(-c2cnc(C3CCNCC3)[nH]2)cc1. The van der Waals surface area contributed by atoms with Crippen molar-refractivity contribution in [2.45, 2.75) is 38.5 Å². The Bertz CT molecular complexity index is 536. The number of hydrogen-bond acceptors (Lipinski definition) is 2. The molecule has 0 radical (unpaired) electrons. The molecular weight excluding hydrogens is 246 g/mol. The minimum absolute atomic E-state index is 0.587. The highest BCUT2D eigenvalue weighted by Crippen LogP contribution is 2.25. The standard InChI is InChI=1S/C17H23N3/c1-2-3-13-4-6-14(7-5-13)16-12-19-17(20-16)15-8-10-18-11-9-15/h4-7,12,15,18H,2-3,8-11H2,1H3,(H,19,20). The number of nitrogens with zero attached hydrogens (tertiary/aromatic N) is 1. The fourth-order valence-electron chi connectivity index (χ4n) is 2.93. The van der Waals surface area contributed by atoms with Gasteiger partial charge in [-0.15, -0.1) is 0 Å². The number of aromatic amines is 1. The predicted octanol–water partition coefficient (Wildman–Crippen LogP) is 3.50. The van der Waals surface area contributed by atoms with E-state index in [1.165, 1.54) is 30.4 Å². The van der Waals surface area contributed by atoms with Crippen molar-refractivity contribution in [3.05, 3.63) is 41.9 Å². The van der Waals surface area contributed by atoms with E-state index in [0.717, 1.165) is 31.0 Å². The van der Waals surface area contributed by atoms with Crippen LogP contribution in [0.5, 0.6) is 0 Å². The van der Waals surface area contributed by atoms with Crippen molar-refractivity contribution in [2.75, 3.05) is 13.1 Å². The molecule has 3 nitrogen and oxygen atoms in total. The predicted molar refractivity (Wildman–Crippen MR) is 82.9 cm³/mol. The Labute approximate surface area is 120 Å². The summed E-state index contributed by atoms with van der Waals surface area (Å²) in [5.74, 6) is 1.74. The zero-order chi connectivity index (χ0) is 13.8. The minimum Gasteiger partial charge on any atom is -0.342 e. The van der Waals surface area contributed by atoms with E-state index in [4.69, 9.17) is 0 Å². The van der Waals surface area contributed by atoms with Crippen LogP contribution in [0.25, 0.3) is 11.3 Å². The molecule has 3 rings (SSSR count). The Morgan fingerprint density at radius 1 is 1.15 bits per heavy atom. The topological polar surface area (TPSA) is 40.7 Å². The van der Waals surface area contributed by atoms with Crippen LogP contribution in [0, 0.1) is 0 Å². The third-order valence-corrected chi connectivity index (χ3v) is 4.12. The number of hydrogen-bond donors (Lipinski definition) is 2. The van der Waals surface area contributed by atoms with Gasteiger partial charge < -0.3 is 10.3 Å². The van der Waals surface area contributed by atoms with Gasteiger partial charge in [-0.1, -0.05) is 37.6 Å². The van der Waals surface area contributed by atoms with Crippen molar-refractivity contribution >= 4 is 0 Å². The fraction of sp³-hybridized carbons (Fsp3) is 0.471. The smallest absolute Gasteiger partial charge is 0.109 e. The molecule has 0 saturated carbocycles. The second-order valence-corrected chi connectivity index (χ2v) is 5.65. The first kappa shape index (κ1) is 13.4. The van der Waals surface area contributed by atoms with Gasteiger partial charge in [0.2, 0.25) is 0 Å². The van der Waals surface area contributed by atoms with E-state index >= 15 is 0 Å². The van der Waals surface area contributed by atoms with Crippen LogP contribution < -0.4 is 5.32 Å². The number of benzene rings is 1. The quantitative estimate of drug-likeness (QED) is 0.892. The largest absolute Gasteiger partial charge is 0.342 e. The molecule has 0 bridgehead atoms. The van der Waals surface area contributed by atoms with Gasteiger partial charge in [-0.2, -0.15) is 0 Å². The molecule has 0 spiro atoms. The molecule has 0 atom stereocenters. The summed E-state index contributed by atoms with van der Waals surface area (Å²) in [6, 6.07) is 8.85. The Balaban J connectivity index is 1.75. The van der Waals surface area contributed by atoms with Crippen molar-refractivity contribution in [1.29, 1.82) is 0 Å². The van der Waals surface area contributed by atoms with Gasteiger partial charge >= 0.3 is 0 Å². The number of aromatic nitrogens is 2. The molecule has 2 N–H and O–H groups in total. The first-order valence-corrected chi connectivity index (χ1v) is 7.71. The highest BCUT2D eigenvalue weighted by atomic mass is 14.9. The van der Waals surface area contributed by atoms with Gasteiger partial charge in [0, 0.05) is 5.92 Å². The average molecular weight is 269 g/mol. The summed E-state index contributed by atoms with van der Waals surface area (Å²) in [6.45, 7) is 4.42. The van der Waals surface area contributed by atoms with Crippen LogP contribution in [0.4, 0.5) is 0 Å². The lowest BCUT2D eigenvalue weighted by Crippen LogP contribution is -2.27. The Hall–Kier alpha value is -1.61. The molecule has 1 aliphatic rings. The zero-order valence-electron chi connectivity index (χ0n) is 12.2. The number of H-pyrrole nitrogens is 1. The molecule has 1 aromatic heterocycles. The van der Waals surface area contributed by atoms with E-state index in [0.29, 0.717) is 5.92 Å². The van der Waals surface area contributed by atoms with Crippen molar-refractivity contribution in [3.8, 4) is 11.3 Å². The third kappa shape index (κ3) is 2.93. The van der Waals surface area contributed by atoms with Crippen LogP contribution in [0.3, 0.4) is 0 Å².